The van der Waals surface area contributed by atoms with Crippen LogP contribution in [0.3, 0.4) is 0 Å². The molecule has 0 aliphatic heterocycles. The molecule has 0 saturated carbocycles. The van der Waals surface area contributed by atoms with Gasteiger partial charge in [0.05, 0.1) is 12.8 Å². The van der Waals surface area contributed by atoms with E-state index < -0.39 is 0 Å². The summed E-state index contributed by atoms with van der Waals surface area (Å²) >= 11 is 0. The van der Waals surface area contributed by atoms with Crippen molar-refractivity contribution in [3.63, 3.8) is 0 Å². The third-order valence-corrected chi connectivity index (χ3v) is 2.74. The van der Waals surface area contributed by atoms with Crippen molar-refractivity contribution in [2.75, 3.05) is 7.11 Å². The monoisotopic (exact) mass is 231 g/mol. The van der Waals surface area contributed by atoms with Crippen molar-refractivity contribution in [2.45, 2.75) is 13.1 Å². The molecule has 0 aliphatic carbocycles. The number of nitrogens with zero attached hydrogens (tertiary/aromatic N) is 2. The Balaban J connectivity index is 1.92. The number of aryl methyl sites for hydroxylation is 1. The summed E-state index contributed by atoms with van der Waals surface area (Å²) in [6, 6.07) is 10.0. The molecule has 2 aromatic rings. The Morgan fingerprint density at radius 2 is 2.06 bits per heavy atom. The van der Waals surface area contributed by atoms with Gasteiger partial charge in [0.1, 0.15) is 5.75 Å². The Morgan fingerprint density at radius 1 is 1.24 bits per heavy atom. The van der Waals surface area contributed by atoms with Gasteiger partial charge in [-0.15, -0.1) is 0 Å². The van der Waals surface area contributed by atoms with Gasteiger partial charge in [0, 0.05) is 31.9 Å². The van der Waals surface area contributed by atoms with Crippen LogP contribution in [0.4, 0.5) is 0 Å². The molecule has 1 heterocycles. The molecule has 0 spiro atoms. The minimum absolute atomic E-state index is 0.787. The lowest BCUT2D eigenvalue weighted by Gasteiger charge is -2.09. The van der Waals surface area contributed by atoms with Crippen molar-refractivity contribution in [3.8, 4) is 5.75 Å². The number of ether oxygens (including phenoxy) is 1. The van der Waals surface area contributed by atoms with Crippen molar-refractivity contribution in [2.24, 2.45) is 7.05 Å². The van der Waals surface area contributed by atoms with Crippen LogP contribution in [0.1, 0.15) is 11.3 Å². The van der Waals surface area contributed by atoms with Crippen LogP contribution < -0.4 is 10.1 Å². The SMILES string of the molecule is COc1ccccc1CNCc1ccnn1C. The molecular formula is C13H17N3O. The zero-order valence-electron chi connectivity index (χ0n) is 10.2. The van der Waals surface area contributed by atoms with Crippen molar-refractivity contribution >= 4 is 0 Å². The number of aromatic nitrogens is 2. The van der Waals surface area contributed by atoms with E-state index in [0.717, 1.165) is 24.4 Å². The molecule has 17 heavy (non-hydrogen) atoms. The van der Waals surface area contributed by atoms with Gasteiger partial charge in [0.15, 0.2) is 0 Å². The van der Waals surface area contributed by atoms with Crippen molar-refractivity contribution in [1.29, 1.82) is 0 Å². The summed E-state index contributed by atoms with van der Waals surface area (Å²) in [6.45, 7) is 1.59. The van der Waals surface area contributed by atoms with E-state index in [1.54, 1.807) is 13.3 Å². The molecule has 0 aliphatic rings. The lowest BCUT2D eigenvalue weighted by molar-refractivity contribution is 0.407. The molecule has 0 saturated heterocycles. The van der Waals surface area contributed by atoms with Gasteiger partial charge in [-0.25, -0.2) is 0 Å². The van der Waals surface area contributed by atoms with Crippen molar-refractivity contribution in [3.05, 3.63) is 47.8 Å². The number of methoxy groups -OCH3 is 1. The second kappa shape index (κ2) is 5.50. The van der Waals surface area contributed by atoms with Crippen LogP contribution in [0.2, 0.25) is 0 Å². The second-order valence-corrected chi connectivity index (χ2v) is 3.86. The Labute approximate surface area is 101 Å². The van der Waals surface area contributed by atoms with Crippen molar-refractivity contribution in [1.82, 2.24) is 15.1 Å². The Kier molecular flexibility index (Phi) is 3.77. The molecular weight excluding hydrogens is 214 g/mol. The molecule has 0 bridgehead atoms. The standard InChI is InChI=1S/C13H17N3O/c1-16-12(7-8-15-16)10-14-9-11-5-3-4-6-13(11)17-2/h3-8,14H,9-10H2,1-2H3. The van der Waals surface area contributed by atoms with Crippen molar-refractivity contribution < 1.29 is 4.74 Å². The topological polar surface area (TPSA) is 39.1 Å². The summed E-state index contributed by atoms with van der Waals surface area (Å²) in [6.07, 6.45) is 1.81. The highest BCUT2D eigenvalue weighted by atomic mass is 16.5. The summed E-state index contributed by atoms with van der Waals surface area (Å²) < 4.78 is 7.17. The molecule has 0 radical (unpaired) electrons. The highest BCUT2D eigenvalue weighted by molar-refractivity contribution is 5.32. The quantitative estimate of drug-likeness (QED) is 0.851. The smallest absolute Gasteiger partial charge is 0.123 e. The first-order valence-corrected chi connectivity index (χ1v) is 5.60. The molecule has 0 amide bonds. The van der Waals surface area contributed by atoms with Crippen LogP contribution in [0, 0.1) is 0 Å². The van der Waals surface area contributed by atoms with Gasteiger partial charge in [-0.05, 0) is 12.1 Å². The van der Waals surface area contributed by atoms with Crippen LogP contribution in [0.15, 0.2) is 36.5 Å². The van der Waals surface area contributed by atoms with Gasteiger partial charge >= 0.3 is 0 Å². The average Bonchev–Trinajstić information content (AvgIpc) is 2.76. The Hall–Kier alpha value is -1.81. The minimum Gasteiger partial charge on any atom is -0.496 e. The van der Waals surface area contributed by atoms with Crippen LogP contribution in [0.5, 0.6) is 5.75 Å². The van der Waals surface area contributed by atoms with Crippen LogP contribution >= 0.6 is 0 Å². The van der Waals surface area contributed by atoms with Crippen LogP contribution in [0.25, 0.3) is 0 Å². The first kappa shape index (κ1) is 11.7. The van der Waals surface area contributed by atoms with E-state index in [1.165, 1.54) is 5.69 Å². The molecule has 90 valence electrons. The van der Waals surface area contributed by atoms with E-state index in [1.807, 2.05) is 36.0 Å². The fraction of sp³-hybridized carbons (Fsp3) is 0.308. The average molecular weight is 231 g/mol. The Bertz CT molecular complexity index is 479. The highest BCUT2D eigenvalue weighted by Crippen LogP contribution is 2.16. The molecule has 0 atom stereocenters. The molecule has 0 fully saturated rings. The number of hydrogen-bond acceptors (Lipinski definition) is 3. The zero-order valence-corrected chi connectivity index (χ0v) is 10.2. The number of para-hydroxylation sites is 1. The fourth-order valence-electron chi connectivity index (χ4n) is 1.75. The third-order valence-electron chi connectivity index (χ3n) is 2.74. The van der Waals surface area contributed by atoms with Gasteiger partial charge in [0.25, 0.3) is 0 Å². The third kappa shape index (κ3) is 2.85. The number of benzene rings is 1. The van der Waals surface area contributed by atoms with E-state index >= 15 is 0 Å². The summed E-state index contributed by atoms with van der Waals surface area (Å²) in [5, 5.41) is 7.51. The van der Waals surface area contributed by atoms with Gasteiger partial charge in [0.2, 0.25) is 0 Å². The normalized spacial score (nSPS) is 10.5. The van der Waals surface area contributed by atoms with Gasteiger partial charge < -0.3 is 10.1 Å². The maximum Gasteiger partial charge on any atom is 0.123 e. The number of rotatable bonds is 5. The second-order valence-electron chi connectivity index (χ2n) is 3.86. The summed E-state index contributed by atoms with van der Waals surface area (Å²) in [5.74, 6) is 0.921. The molecule has 0 unspecified atom stereocenters. The van der Waals surface area contributed by atoms with Crippen LogP contribution in [-0.4, -0.2) is 16.9 Å². The largest absolute Gasteiger partial charge is 0.496 e. The van der Waals surface area contributed by atoms with Gasteiger partial charge in [-0.3, -0.25) is 4.68 Å². The lowest BCUT2D eigenvalue weighted by atomic mass is 10.2. The fourth-order valence-corrected chi connectivity index (χ4v) is 1.75. The van der Waals surface area contributed by atoms with Gasteiger partial charge in [-0.1, -0.05) is 18.2 Å². The minimum atomic E-state index is 0.787. The van der Waals surface area contributed by atoms with E-state index in [9.17, 15) is 0 Å². The summed E-state index contributed by atoms with van der Waals surface area (Å²) in [4.78, 5) is 0. The molecule has 4 heteroatoms. The van der Waals surface area contributed by atoms with E-state index in [-0.39, 0.29) is 0 Å². The van der Waals surface area contributed by atoms with E-state index in [2.05, 4.69) is 16.5 Å². The highest BCUT2D eigenvalue weighted by Gasteiger charge is 2.02. The van der Waals surface area contributed by atoms with E-state index in [4.69, 9.17) is 4.74 Å². The predicted octanol–water partition coefficient (Wildman–Crippen LogP) is 1.72. The molecule has 1 aromatic carbocycles. The predicted molar refractivity (Wildman–Crippen MR) is 66.7 cm³/mol. The summed E-state index contributed by atoms with van der Waals surface area (Å²) in [7, 11) is 3.64. The summed E-state index contributed by atoms with van der Waals surface area (Å²) in [5.41, 5.74) is 2.33. The Morgan fingerprint density at radius 3 is 2.76 bits per heavy atom. The number of nitrogens with one attached hydrogen (secondary N) is 1. The first-order valence-electron chi connectivity index (χ1n) is 5.60. The van der Waals surface area contributed by atoms with Gasteiger partial charge in [-0.2, -0.15) is 5.10 Å². The molecule has 2 rings (SSSR count). The lowest BCUT2D eigenvalue weighted by Crippen LogP contribution is -2.15. The zero-order chi connectivity index (χ0) is 12.1. The molecule has 4 nitrogen and oxygen atoms in total. The number of hydrogen-bond donors (Lipinski definition) is 1. The first-order chi connectivity index (χ1) is 8.31. The van der Waals surface area contributed by atoms with Crippen LogP contribution in [-0.2, 0) is 20.1 Å². The maximum absolute atomic E-state index is 5.30. The maximum atomic E-state index is 5.30. The molecule has 1 aromatic heterocycles. The molecule has 1 N–H and O–H groups in total. The van der Waals surface area contributed by atoms with E-state index in [0.29, 0.717) is 0 Å².